The summed E-state index contributed by atoms with van der Waals surface area (Å²) in [7, 11) is -2.62. The zero-order chi connectivity index (χ0) is 30.2. The number of carbonyl (C=O) groups is 2. The van der Waals surface area contributed by atoms with E-state index in [0.717, 1.165) is 16.3 Å². The Labute approximate surface area is 248 Å². The molecule has 3 aromatic carbocycles. The van der Waals surface area contributed by atoms with Crippen LogP contribution in [0.1, 0.15) is 44.7 Å². The van der Waals surface area contributed by atoms with Crippen molar-refractivity contribution < 1.29 is 22.7 Å². The average Bonchev–Trinajstić information content (AvgIpc) is 2.97. The minimum atomic E-state index is -4.17. The van der Waals surface area contributed by atoms with E-state index in [0.29, 0.717) is 22.8 Å². The summed E-state index contributed by atoms with van der Waals surface area (Å²) in [6.07, 6.45) is 1.06. The molecule has 0 radical (unpaired) electrons. The molecule has 0 fully saturated rings. The molecule has 10 heteroatoms. The Bertz CT molecular complexity index is 1450. The number of nitrogens with one attached hydrogen (secondary N) is 1. The maximum absolute atomic E-state index is 14.2. The fraction of sp³-hybridized carbons (Fsp3) is 0.355. The van der Waals surface area contributed by atoms with E-state index in [-0.39, 0.29) is 29.1 Å². The fourth-order valence-corrected chi connectivity index (χ4v) is 6.07. The maximum Gasteiger partial charge on any atom is 0.264 e. The molecule has 2 atom stereocenters. The molecular formula is C31H38ClN3O5S. The molecule has 0 aliphatic heterocycles. The van der Waals surface area contributed by atoms with Gasteiger partial charge in [-0.3, -0.25) is 13.9 Å². The molecule has 1 N–H and O–H groups in total. The van der Waals surface area contributed by atoms with Crippen LogP contribution in [0.15, 0.2) is 77.7 Å². The van der Waals surface area contributed by atoms with Crippen molar-refractivity contribution in [3.05, 3.63) is 88.9 Å². The number of anilines is 1. The number of ether oxygens (including phenoxy) is 1. The van der Waals surface area contributed by atoms with Gasteiger partial charge < -0.3 is 15.0 Å². The van der Waals surface area contributed by atoms with Crippen molar-refractivity contribution >= 4 is 39.1 Å². The summed E-state index contributed by atoms with van der Waals surface area (Å²) < 4.78 is 34.4. The van der Waals surface area contributed by atoms with Crippen LogP contribution in [-0.4, -0.2) is 50.9 Å². The molecule has 2 amide bonds. The monoisotopic (exact) mass is 599 g/mol. The Hall–Kier alpha value is -3.56. The molecule has 0 bridgehead atoms. The van der Waals surface area contributed by atoms with Crippen molar-refractivity contribution in [2.24, 2.45) is 0 Å². The Kier molecular flexibility index (Phi) is 11.2. The second-order valence-electron chi connectivity index (χ2n) is 9.87. The van der Waals surface area contributed by atoms with Gasteiger partial charge in [0.15, 0.2) is 0 Å². The van der Waals surface area contributed by atoms with E-state index in [2.05, 4.69) is 5.32 Å². The highest BCUT2D eigenvalue weighted by atomic mass is 35.5. The molecule has 0 unspecified atom stereocenters. The summed E-state index contributed by atoms with van der Waals surface area (Å²) in [4.78, 5) is 29.1. The first-order chi connectivity index (χ1) is 19.5. The highest BCUT2D eigenvalue weighted by Crippen LogP contribution is 2.30. The van der Waals surface area contributed by atoms with Crippen LogP contribution >= 0.6 is 11.6 Å². The van der Waals surface area contributed by atoms with Gasteiger partial charge in [0.25, 0.3) is 10.0 Å². The molecule has 8 nitrogen and oxygen atoms in total. The van der Waals surface area contributed by atoms with Gasteiger partial charge in [0, 0.05) is 17.6 Å². The second-order valence-corrected chi connectivity index (χ2v) is 12.2. The van der Waals surface area contributed by atoms with E-state index in [1.54, 1.807) is 62.6 Å². The summed E-state index contributed by atoms with van der Waals surface area (Å²) in [5, 5.41) is 3.31. The lowest BCUT2D eigenvalue weighted by Gasteiger charge is -2.34. The van der Waals surface area contributed by atoms with E-state index in [9.17, 15) is 18.0 Å². The van der Waals surface area contributed by atoms with E-state index in [4.69, 9.17) is 16.3 Å². The highest BCUT2D eigenvalue weighted by Gasteiger charge is 2.34. The average molecular weight is 600 g/mol. The SMILES string of the molecule is CC[C@@H](C)NC(=O)[C@@H](CC)N(Cc1cccc(OC)c1)C(=O)CN(c1cc(Cl)ccc1C)S(=O)(=O)c1ccccc1. The van der Waals surface area contributed by atoms with Gasteiger partial charge in [-0.05, 0) is 74.2 Å². The number of hydrogen-bond acceptors (Lipinski definition) is 5. The van der Waals surface area contributed by atoms with Gasteiger partial charge in [0.1, 0.15) is 18.3 Å². The maximum atomic E-state index is 14.2. The summed E-state index contributed by atoms with van der Waals surface area (Å²) in [5.41, 5.74) is 1.65. The molecule has 0 saturated carbocycles. The summed E-state index contributed by atoms with van der Waals surface area (Å²) in [6, 6.07) is 19.1. The van der Waals surface area contributed by atoms with Crippen molar-refractivity contribution in [1.82, 2.24) is 10.2 Å². The number of rotatable bonds is 13. The van der Waals surface area contributed by atoms with Crippen LogP contribution in [0.25, 0.3) is 0 Å². The molecule has 0 aliphatic carbocycles. The molecular weight excluding hydrogens is 562 g/mol. The number of nitrogens with zero attached hydrogens (tertiary/aromatic N) is 2. The molecule has 41 heavy (non-hydrogen) atoms. The summed E-state index contributed by atoms with van der Waals surface area (Å²) in [6.45, 7) is 6.99. The van der Waals surface area contributed by atoms with E-state index >= 15 is 0 Å². The van der Waals surface area contributed by atoms with Gasteiger partial charge in [-0.15, -0.1) is 0 Å². The highest BCUT2D eigenvalue weighted by molar-refractivity contribution is 7.92. The lowest BCUT2D eigenvalue weighted by molar-refractivity contribution is -0.140. The predicted molar refractivity (Wildman–Crippen MR) is 163 cm³/mol. The number of carbonyl (C=O) groups excluding carboxylic acids is 2. The third kappa shape index (κ3) is 8.01. The number of benzene rings is 3. The zero-order valence-electron chi connectivity index (χ0n) is 24.1. The largest absolute Gasteiger partial charge is 0.497 e. The fourth-order valence-electron chi connectivity index (χ4n) is 4.41. The van der Waals surface area contributed by atoms with Crippen LogP contribution in [0.5, 0.6) is 5.75 Å². The Morgan fingerprint density at radius 3 is 2.32 bits per heavy atom. The number of sulfonamides is 1. The molecule has 0 heterocycles. The van der Waals surface area contributed by atoms with Crippen LogP contribution in [0.4, 0.5) is 5.69 Å². The first-order valence-electron chi connectivity index (χ1n) is 13.6. The Balaban J connectivity index is 2.10. The van der Waals surface area contributed by atoms with Crippen LogP contribution in [0.2, 0.25) is 5.02 Å². The smallest absolute Gasteiger partial charge is 0.264 e. The first kappa shape index (κ1) is 32.0. The van der Waals surface area contributed by atoms with Crippen molar-refractivity contribution in [2.45, 2.75) is 64.1 Å². The second kappa shape index (κ2) is 14.4. The Morgan fingerprint density at radius 1 is 0.976 bits per heavy atom. The van der Waals surface area contributed by atoms with E-state index in [1.807, 2.05) is 26.8 Å². The van der Waals surface area contributed by atoms with E-state index < -0.39 is 28.5 Å². The lowest BCUT2D eigenvalue weighted by atomic mass is 10.1. The quantitative estimate of drug-likeness (QED) is 0.277. The molecule has 0 aromatic heterocycles. The van der Waals surface area contributed by atoms with Gasteiger partial charge in [-0.2, -0.15) is 0 Å². The molecule has 220 valence electrons. The zero-order valence-corrected chi connectivity index (χ0v) is 25.7. The van der Waals surface area contributed by atoms with Gasteiger partial charge in [-0.1, -0.05) is 61.8 Å². The van der Waals surface area contributed by atoms with Crippen molar-refractivity contribution in [3.63, 3.8) is 0 Å². The van der Waals surface area contributed by atoms with Crippen molar-refractivity contribution in [1.29, 1.82) is 0 Å². The molecule has 0 aliphatic rings. The number of halogens is 1. The van der Waals surface area contributed by atoms with Gasteiger partial charge in [-0.25, -0.2) is 8.42 Å². The molecule has 3 aromatic rings. The van der Waals surface area contributed by atoms with Crippen LogP contribution in [0.3, 0.4) is 0 Å². The lowest BCUT2D eigenvalue weighted by Crippen LogP contribution is -2.53. The van der Waals surface area contributed by atoms with Gasteiger partial charge in [0.2, 0.25) is 11.8 Å². The van der Waals surface area contributed by atoms with Gasteiger partial charge in [0.05, 0.1) is 17.7 Å². The first-order valence-corrected chi connectivity index (χ1v) is 15.4. The van der Waals surface area contributed by atoms with Crippen LogP contribution in [-0.2, 0) is 26.2 Å². The van der Waals surface area contributed by atoms with Crippen LogP contribution in [0, 0.1) is 6.92 Å². The number of aryl methyl sites for hydroxylation is 1. The topological polar surface area (TPSA) is 96.0 Å². The Morgan fingerprint density at radius 2 is 1.68 bits per heavy atom. The minimum Gasteiger partial charge on any atom is -0.497 e. The predicted octanol–water partition coefficient (Wildman–Crippen LogP) is 5.57. The van der Waals surface area contributed by atoms with Crippen LogP contribution < -0.4 is 14.4 Å². The number of hydrogen-bond donors (Lipinski definition) is 1. The molecule has 0 saturated heterocycles. The number of methoxy groups -OCH3 is 1. The summed E-state index contributed by atoms with van der Waals surface area (Å²) in [5.74, 6) is -0.220. The van der Waals surface area contributed by atoms with E-state index in [1.165, 1.54) is 23.1 Å². The van der Waals surface area contributed by atoms with Crippen molar-refractivity contribution in [3.8, 4) is 5.75 Å². The minimum absolute atomic E-state index is 0.0353. The molecule has 0 spiro atoms. The third-order valence-corrected chi connectivity index (χ3v) is 8.93. The molecule has 3 rings (SSSR count). The normalized spacial score (nSPS) is 12.7. The number of amides is 2. The van der Waals surface area contributed by atoms with Gasteiger partial charge >= 0.3 is 0 Å². The third-order valence-electron chi connectivity index (χ3n) is 6.92. The summed E-state index contributed by atoms with van der Waals surface area (Å²) >= 11 is 6.29. The standard InChI is InChI=1S/C31H38ClN3O5S/c1-6-23(4)33-31(37)28(7-2)34(20-24-12-11-13-26(18-24)40-5)30(36)21-35(29-19-25(32)17-16-22(29)3)41(38,39)27-14-9-8-10-15-27/h8-19,23,28H,6-7,20-21H2,1-5H3,(H,33,37)/t23-,28-/m1/s1. The van der Waals surface area contributed by atoms with Crippen molar-refractivity contribution in [2.75, 3.05) is 18.0 Å².